The summed E-state index contributed by atoms with van der Waals surface area (Å²) in [6.07, 6.45) is 6.89. The van der Waals surface area contributed by atoms with Crippen LogP contribution in [-0.2, 0) is 11.3 Å². The molecule has 4 rings (SSSR count). The number of nitrogens with one attached hydrogen (secondary N) is 1. The Hall–Kier alpha value is -1.88. The molecule has 3 fully saturated rings. The Morgan fingerprint density at radius 2 is 1.65 bits per heavy atom. The number of rotatable bonds is 9. The second kappa shape index (κ2) is 7.39. The molecule has 0 saturated heterocycles. The summed E-state index contributed by atoms with van der Waals surface area (Å²) in [6.45, 7) is 4.18. The zero-order valence-electron chi connectivity index (χ0n) is 15.6. The molecule has 5 nitrogen and oxygen atoms in total. The third kappa shape index (κ3) is 4.44. The summed E-state index contributed by atoms with van der Waals surface area (Å²) in [7, 11) is 0. The van der Waals surface area contributed by atoms with Crippen LogP contribution >= 0.6 is 0 Å². The Labute approximate surface area is 155 Å². The van der Waals surface area contributed by atoms with Gasteiger partial charge in [0.1, 0.15) is 0 Å². The first kappa shape index (κ1) is 17.5. The van der Waals surface area contributed by atoms with Crippen molar-refractivity contribution in [2.45, 2.75) is 70.1 Å². The minimum atomic E-state index is 0.0243. The van der Waals surface area contributed by atoms with Crippen LogP contribution in [0.4, 0.5) is 0 Å². The number of hydrogen-bond donors (Lipinski definition) is 1. The van der Waals surface area contributed by atoms with E-state index in [0.29, 0.717) is 24.7 Å². The number of benzene rings is 1. The molecule has 0 unspecified atom stereocenters. The average molecular weight is 355 g/mol. The normalized spacial score (nSPS) is 19.5. The van der Waals surface area contributed by atoms with Crippen molar-refractivity contribution in [3.05, 3.63) is 35.4 Å². The van der Waals surface area contributed by atoms with Crippen LogP contribution in [-0.4, -0.2) is 52.8 Å². The maximum absolute atomic E-state index is 12.7. The van der Waals surface area contributed by atoms with Gasteiger partial charge in [0.05, 0.1) is 6.54 Å². The number of likely N-dealkylation sites (N-methyl/N-ethyl adjacent to an activating group) is 1. The molecule has 5 heteroatoms. The average Bonchev–Trinajstić information content (AvgIpc) is 3.47. The number of amides is 2. The molecule has 0 radical (unpaired) electrons. The van der Waals surface area contributed by atoms with E-state index in [4.69, 9.17) is 0 Å². The van der Waals surface area contributed by atoms with E-state index < -0.39 is 0 Å². The van der Waals surface area contributed by atoms with Crippen LogP contribution in [0.2, 0.25) is 0 Å². The SMILES string of the molecule is CCN(C(=O)CN(Cc1ccc(C(=O)NC2CC2)cc1)C1CC1)C1CC1. The Balaban J connectivity index is 1.35. The first-order valence-electron chi connectivity index (χ1n) is 10.1. The van der Waals surface area contributed by atoms with Crippen molar-refractivity contribution in [3.8, 4) is 0 Å². The first-order valence-corrected chi connectivity index (χ1v) is 10.1. The lowest BCUT2D eigenvalue weighted by atomic mass is 10.1. The van der Waals surface area contributed by atoms with Gasteiger partial charge in [-0.05, 0) is 63.1 Å². The second-order valence-electron chi connectivity index (χ2n) is 7.99. The molecular formula is C21H29N3O2. The molecule has 1 N–H and O–H groups in total. The molecule has 0 aliphatic heterocycles. The van der Waals surface area contributed by atoms with Crippen LogP contribution in [0.25, 0.3) is 0 Å². The molecule has 1 aromatic rings. The fourth-order valence-electron chi connectivity index (χ4n) is 3.54. The molecule has 3 aliphatic rings. The molecule has 0 atom stereocenters. The van der Waals surface area contributed by atoms with Gasteiger partial charge in [-0.25, -0.2) is 0 Å². The Morgan fingerprint density at radius 3 is 2.19 bits per heavy atom. The highest BCUT2D eigenvalue weighted by Gasteiger charge is 2.35. The van der Waals surface area contributed by atoms with Crippen molar-refractivity contribution in [2.75, 3.05) is 13.1 Å². The van der Waals surface area contributed by atoms with Crippen molar-refractivity contribution in [1.82, 2.24) is 15.1 Å². The van der Waals surface area contributed by atoms with Gasteiger partial charge < -0.3 is 10.2 Å². The van der Waals surface area contributed by atoms with E-state index in [1.54, 1.807) is 0 Å². The van der Waals surface area contributed by atoms with Crippen LogP contribution in [0, 0.1) is 0 Å². The van der Waals surface area contributed by atoms with E-state index in [2.05, 4.69) is 17.1 Å². The first-order chi connectivity index (χ1) is 12.6. The molecule has 1 aromatic carbocycles. The van der Waals surface area contributed by atoms with Crippen molar-refractivity contribution < 1.29 is 9.59 Å². The molecule has 0 heterocycles. The third-order valence-electron chi connectivity index (χ3n) is 5.56. The third-order valence-corrected chi connectivity index (χ3v) is 5.56. The van der Waals surface area contributed by atoms with Crippen LogP contribution in [0.15, 0.2) is 24.3 Å². The molecule has 140 valence electrons. The molecule has 0 aromatic heterocycles. The maximum atomic E-state index is 12.7. The summed E-state index contributed by atoms with van der Waals surface area (Å²) in [5.41, 5.74) is 1.89. The smallest absolute Gasteiger partial charge is 0.251 e. The summed E-state index contributed by atoms with van der Waals surface area (Å²) >= 11 is 0. The molecule has 2 amide bonds. The van der Waals surface area contributed by atoms with Gasteiger partial charge in [0, 0.05) is 36.8 Å². The number of carbonyl (C=O) groups excluding carboxylic acids is 2. The monoisotopic (exact) mass is 355 g/mol. The van der Waals surface area contributed by atoms with Crippen LogP contribution in [0.3, 0.4) is 0 Å². The number of hydrogen-bond acceptors (Lipinski definition) is 3. The quantitative estimate of drug-likeness (QED) is 0.741. The summed E-state index contributed by atoms with van der Waals surface area (Å²) < 4.78 is 0. The van der Waals surface area contributed by atoms with Gasteiger partial charge in [0.2, 0.25) is 5.91 Å². The highest BCUT2D eigenvalue weighted by molar-refractivity contribution is 5.94. The fraction of sp³-hybridized carbons (Fsp3) is 0.619. The summed E-state index contributed by atoms with van der Waals surface area (Å²) in [4.78, 5) is 29.1. The van der Waals surface area contributed by atoms with E-state index in [1.807, 2.05) is 29.2 Å². The molecule has 0 bridgehead atoms. The van der Waals surface area contributed by atoms with Gasteiger partial charge in [-0.15, -0.1) is 0 Å². The van der Waals surface area contributed by atoms with Gasteiger partial charge in [0.15, 0.2) is 0 Å². The van der Waals surface area contributed by atoms with E-state index in [1.165, 1.54) is 18.4 Å². The predicted molar refractivity (Wildman–Crippen MR) is 101 cm³/mol. The van der Waals surface area contributed by atoms with Crippen LogP contribution in [0.1, 0.15) is 61.4 Å². The largest absolute Gasteiger partial charge is 0.349 e. The topological polar surface area (TPSA) is 52.7 Å². The minimum Gasteiger partial charge on any atom is -0.349 e. The van der Waals surface area contributed by atoms with Gasteiger partial charge in [-0.2, -0.15) is 0 Å². The van der Waals surface area contributed by atoms with Gasteiger partial charge in [-0.3, -0.25) is 14.5 Å². The molecule has 3 aliphatic carbocycles. The number of carbonyl (C=O) groups is 2. The highest BCUT2D eigenvalue weighted by Crippen LogP contribution is 2.30. The Kier molecular flexibility index (Phi) is 4.98. The van der Waals surface area contributed by atoms with Crippen molar-refractivity contribution in [1.29, 1.82) is 0 Å². The standard InChI is InChI=1S/C21H29N3O2/c1-2-24(19-11-12-19)20(25)14-23(18-9-10-18)13-15-3-5-16(6-4-15)21(26)22-17-7-8-17/h3-6,17-19H,2,7-14H2,1H3,(H,22,26). The van der Waals surface area contributed by atoms with Crippen molar-refractivity contribution >= 4 is 11.8 Å². The zero-order chi connectivity index (χ0) is 18.1. The Bertz CT molecular complexity index is 660. The summed E-state index contributed by atoms with van der Waals surface area (Å²) in [5, 5.41) is 3.02. The van der Waals surface area contributed by atoms with Crippen molar-refractivity contribution in [2.24, 2.45) is 0 Å². The van der Waals surface area contributed by atoms with Crippen LogP contribution in [0.5, 0.6) is 0 Å². The van der Waals surface area contributed by atoms with Gasteiger partial charge in [0.25, 0.3) is 5.91 Å². The van der Waals surface area contributed by atoms with E-state index >= 15 is 0 Å². The van der Waals surface area contributed by atoms with Crippen molar-refractivity contribution in [3.63, 3.8) is 0 Å². The van der Waals surface area contributed by atoms with E-state index in [9.17, 15) is 9.59 Å². The van der Waals surface area contributed by atoms with E-state index in [-0.39, 0.29) is 11.8 Å². The molecule has 0 spiro atoms. The lowest BCUT2D eigenvalue weighted by Crippen LogP contribution is -2.42. The minimum absolute atomic E-state index is 0.0243. The summed E-state index contributed by atoms with van der Waals surface area (Å²) in [5.74, 6) is 0.290. The second-order valence-corrected chi connectivity index (χ2v) is 7.99. The predicted octanol–water partition coefficient (Wildman–Crippen LogP) is 2.55. The fourth-order valence-corrected chi connectivity index (χ4v) is 3.54. The van der Waals surface area contributed by atoms with Crippen LogP contribution < -0.4 is 5.32 Å². The Morgan fingerprint density at radius 1 is 1.00 bits per heavy atom. The molecule has 3 saturated carbocycles. The van der Waals surface area contributed by atoms with Gasteiger partial charge in [-0.1, -0.05) is 12.1 Å². The molecule has 26 heavy (non-hydrogen) atoms. The van der Waals surface area contributed by atoms with Gasteiger partial charge >= 0.3 is 0 Å². The maximum Gasteiger partial charge on any atom is 0.251 e. The number of nitrogens with zero attached hydrogens (tertiary/aromatic N) is 2. The summed E-state index contributed by atoms with van der Waals surface area (Å²) in [6, 6.07) is 9.27. The molecular weight excluding hydrogens is 326 g/mol. The lowest BCUT2D eigenvalue weighted by Gasteiger charge is -2.27. The lowest BCUT2D eigenvalue weighted by molar-refractivity contribution is -0.133. The highest BCUT2D eigenvalue weighted by atomic mass is 16.2. The van der Waals surface area contributed by atoms with E-state index in [0.717, 1.165) is 44.3 Å². The zero-order valence-corrected chi connectivity index (χ0v) is 15.6.